The Morgan fingerprint density at radius 3 is 2.65 bits per heavy atom. The summed E-state index contributed by atoms with van der Waals surface area (Å²) < 4.78 is 0. The van der Waals surface area contributed by atoms with Crippen LogP contribution in [0.25, 0.3) is 0 Å². The van der Waals surface area contributed by atoms with Crippen molar-refractivity contribution in [1.82, 2.24) is 14.9 Å². The van der Waals surface area contributed by atoms with Gasteiger partial charge in [0, 0.05) is 18.7 Å². The fourth-order valence-electron chi connectivity index (χ4n) is 2.11. The smallest absolute Gasteiger partial charge is 0.137 e. The van der Waals surface area contributed by atoms with Gasteiger partial charge in [0.15, 0.2) is 0 Å². The Kier molecular flexibility index (Phi) is 4.18. The van der Waals surface area contributed by atoms with E-state index in [1.165, 1.54) is 25.9 Å². The molecule has 0 radical (unpaired) electrons. The first-order chi connectivity index (χ1) is 8.16. The van der Waals surface area contributed by atoms with Gasteiger partial charge in [-0.15, -0.1) is 0 Å². The molecular weight excluding hydrogens is 236 g/mol. The second kappa shape index (κ2) is 5.65. The van der Waals surface area contributed by atoms with Crippen molar-refractivity contribution in [3.8, 4) is 0 Å². The number of aryl methyl sites for hydroxylation is 1. The van der Waals surface area contributed by atoms with Gasteiger partial charge in [-0.2, -0.15) is 0 Å². The van der Waals surface area contributed by atoms with Crippen LogP contribution < -0.4 is 5.32 Å². The van der Waals surface area contributed by atoms with E-state index in [2.05, 4.69) is 20.2 Å². The van der Waals surface area contributed by atoms with Gasteiger partial charge >= 0.3 is 0 Å². The van der Waals surface area contributed by atoms with Crippen molar-refractivity contribution in [2.75, 3.05) is 31.5 Å². The number of anilines is 1. The van der Waals surface area contributed by atoms with Crippen molar-refractivity contribution in [1.29, 1.82) is 0 Å². The first-order valence-electron chi connectivity index (χ1n) is 6.14. The molecule has 0 amide bonds. The van der Waals surface area contributed by atoms with E-state index < -0.39 is 0 Å². The van der Waals surface area contributed by atoms with Crippen LogP contribution in [0.2, 0.25) is 5.15 Å². The molecule has 5 heteroatoms. The summed E-state index contributed by atoms with van der Waals surface area (Å²) in [5.41, 5.74) is 0.929. The summed E-state index contributed by atoms with van der Waals surface area (Å²) in [4.78, 5) is 11.0. The summed E-state index contributed by atoms with van der Waals surface area (Å²) in [6.45, 7) is 8.24. The summed E-state index contributed by atoms with van der Waals surface area (Å²) in [7, 11) is 0. The largest absolute Gasteiger partial charge is 0.368 e. The van der Waals surface area contributed by atoms with Crippen LogP contribution >= 0.6 is 11.6 Å². The molecule has 94 valence electrons. The van der Waals surface area contributed by atoms with Crippen molar-refractivity contribution in [2.24, 2.45) is 0 Å². The lowest BCUT2D eigenvalue weighted by atomic mass is 10.3. The summed E-state index contributed by atoms with van der Waals surface area (Å²) in [6, 6.07) is 0. The standard InChI is InChI=1S/C12H19ClN4/c1-9-11(13)15-10(2)16-12(9)14-5-8-17-6-3-4-7-17/h3-8H2,1-2H3,(H,14,15,16). The van der Waals surface area contributed by atoms with Crippen LogP contribution in [0, 0.1) is 13.8 Å². The third kappa shape index (κ3) is 3.30. The Morgan fingerprint density at radius 1 is 1.24 bits per heavy atom. The maximum atomic E-state index is 6.02. The van der Waals surface area contributed by atoms with E-state index in [0.717, 1.165) is 24.5 Å². The quantitative estimate of drug-likeness (QED) is 0.837. The minimum Gasteiger partial charge on any atom is -0.368 e. The fraction of sp³-hybridized carbons (Fsp3) is 0.667. The summed E-state index contributed by atoms with van der Waals surface area (Å²) in [5.74, 6) is 1.57. The molecule has 0 aromatic carbocycles. The fourth-order valence-corrected chi connectivity index (χ4v) is 2.32. The molecule has 1 aromatic rings. The Morgan fingerprint density at radius 2 is 1.94 bits per heavy atom. The molecule has 0 aliphatic carbocycles. The Balaban J connectivity index is 1.89. The molecule has 2 heterocycles. The predicted molar refractivity (Wildman–Crippen MR) is 70.7 cm³/mol. The third-order valence-corrected chi connectivity index (χ3v) is 3.49. The minimum atomic E-state index is 0.543. The number of likely N-dealkylation sites (tertiary alicyclic amines) is 1. The normalized spacial score (nSPS) is 16.4. The van der Waals surface area contributed by atoms with Crippen LogP contribution in [0.4, 0.5) is 5.82 Å². The highest BCUT2D eigenvalue weighted by Gasteiger charge is 2.11. The number of nitrogens with zero attached hydrogens (tertiary/aromatic N) is 3. The molecule has 1 N–H and O–H groups in total. The van der Waals surface area contributed by atoms with Gasteiger partial charge in [0.25, 0.3) is 0 Å². The van der Waals surface area contributed by atoms with Crippen LogP contribution in [0.3, 0.4) is 0 Å². The molecular formula is C12H19ClN4. The molecule has 1 aromatic heterocycles. The number of rotatable bonds is 4. The van der Waals surface area contributed by atoms with Crippen molar-refractivity contribution in [3.05, 3.63) is 16.5 Å². The van der Waals surface area contributed by atoms with Crippen LogP contribution in [-0.4, -0.2) is 41.0 Å². The van der Waals surface area contributed by atoms with E-state index in [1.807, 2.05) is 13.8 Å². The summed E-state index contributed by atoms with van der Waals surface area (Å²) >= 11 is 6.02. The molecule has 17 heavy (non-hydrogen) atoms. The molecule has 4 nitrogen and oxygen atoms in total. The summed E-state index contributed by atoms with van der Waals surface area (Å²) in [5, 5.41) is 3.89. The number of hydrogen-bond donors (Lipinski definition) is 1. The van der Waals surface area contributed by atoms with Gasteiger partial charge in [-0.3, -0.25) is 0 Å². The van der Waals surface area contributed by atoms with E-state index >= 15 is 0 Å². The number of aromatic nitrogens is 2. The second-order valence-corrected chi connectivity index (χ2v) is 4.87. The monoisotopic (exact) mass is 254 g/mol. The van der Waals surface area contributed by atoms with Gasteiger partial charge < -0.3 is 10.2 Å². The Labute approximate surface area is 107 Å². The van der Waals surface area contributed by atoms with Gasteiger partial charge in [0.1, 0.15) is 16.8 Å². The Bertz CT molecular complexity index is 388. The van der Waals surface area contributed by atoms with E-state index in [0.29, 0.717) is 11.0 Å². The third-order valence-electron chi connectivity index (χ3n) is 3.12. The zero-order chi connectivity index (χ0) is 12.3. The first-order valence-corrected chi connectivity index (χ1v) is 6.51. The van der Waals surface area contributed by atoms with Crippen molar-refractivity contribution >= 4 is 17.4 Å². The van der Waals surface area contributed by atoms with Crippen molar-refractivity contribution in [3.63, 3.8) is 0 Å². The predicted octanol–water partition coefficient (Wildman–Crippen LogP) is 2.25. The van der Waals surface area contributed by atoms with Crippen molar-refractivity contribution < 1.29 is 0 Å². The average Bonchev–Trinajstić information content (AvgIpc) is 2.78. The zero-order valence-electron chi connectivity index (χ0n) is 10.5. The maximum Gasteiger partial charge on any atom is 0.137 e. The number of nitrogens with one attached hydrogen (secondary N) is 1. The highest BCUT2D eigenvalue weighted by molar-refractivity contribution is 6.30. The molecule has 1 saturated heterocycles. The molecule has 0 atom stereocenters. The van der Waals surface area contributed by atoms with Gasteiger partial charge in [-0.25, -0.2) is 9.97 Å². The van der Waals surface area contributed by atoms with E-state index in [-0.39, 0.29) is 0 Å². The number of halogens is 1. The first kappa shape index (κ1) is 12.6. The second-order valence-electron chi connectivity index (χ2n) is 4.51. The van der Waals surface area contributed by atoms with Crippen molar-refractivity contribution in [2.45, 2.75) is 26.7 Å². The maximum absolute atomic E-state index is 6.02. The van der Waals surface area contributed by atoms with Crippen LogP contribution in [0.15, 0.2) is 0 Å². The lowest BCUT2D eigenvalue weighted by molar-refractivity contribution is 0.352. The lowest BCUT2D eigenvalue weighted by Gasteiger charge is -2.16. The minimum absolute atomic E-state index is 0.543. The van der Waals surface area contributed by atoms with E-state index in [9.17, 15) is 0 Å². The molecule has 1 aliphatic heterocycles. The molecule has 0 bridgehead atoms. The summed E-state index contributed by atoms with van der Waals surface area (Å²) in [6.07, 6.45) is 2.66. The topological polar surface area (TPSA) is 41.1 Å². The van der Waals surface area contributed by atoms with Gasteiger partial charge in [-0.05, 0) is 39.8 Å². The molecule has 0 saturated carbocycles. The molecule has 1 fully saturated rings. The highest BCUT2D eigenvalue weighted by atomic mass is 35.5. The van der Waals surface area contributed by atoms with Crippen LogP contribution in [0.1, 0.15) is 24.2 Å². The number of hydrogen-bond acceptors (Lipinski definition) is 4. The Hall–Kier alpha value is -0.870. The highest BCUT2D eigenvalue weighted by Crippen LogP contribution is 2.19. The average molecular weight is 255 g/mol. The van der Waals surface area contributed by atoms with Crippen LogP contribution in [-0.2, 0) is 0 Å². The van der Waals surface area contributed by atoms with Gasteiger partial charge in [0.2, 0.25) is 0 Å². The lowest BCUT2D eigenvalue weighted by Crippen LogP contribution is -2.26. The SMILES string of the molecule is Cc1nc(Cl)c(C)c(NCCN2CCCC2)n1. The molecule has 0 unspecified atom stereocenters. The van der Waals surface area contributed by atoms with E-state index in [1.54, 1.807) is 0 Å². The van der Waals surface area contributed by atoms with Crippen LogP contribution in [0.5, 0.6) is 0 Å². The van der Waals surface area contributed by atoms with Gasteiger partial charge in [-0.1, -0.05) is 11.6 Å². The molecule has 0 spiro atoms. The zero-order valence-corrected chi connectivity index (χ0v) is 11.2. The molecule has 1 aliphatic rings. The van der Waals surface area contributed by atoms with E-state index in [4.69, 9.17) is 11.6 Å². The van der Waals surface area contributed by atoms with Gasteiger partial charge in [0.05, 0.1) is 0 Å². The molecule has 2 rings (SSSR count).